The zero-order valence-corrected chi connectivity index (χ0v) is 10.6. The second-order valence-electron chi connectivity index (χ2n) is 5.37. The van der Waals surface area contributed by atoms with Gasteiger partial charge >= 0.3 is 5.97 Å². The lowest BCUT2D eigenvalue weighted by Gasteiger charge is -2.22. The summed E-state index contributed by atoms with van der Waals surface area (Å²) in [6, 6.07) is 0.0541. The molecule has 0 aromatic rings. The summed E-state index contributed by atoms with van der Waals surface area (Å²) in [5.41, 5.74) is 0. The summed E-state index contributed by atoms with van der Waals surface area (Å²) in [4.78, 5) is 22.7. The van der Waals surface area contributed by atoms with Crippen molar-refractivity contribution in [2.24, 2.45) is 11.8 Å². The van der Waals surface area contributed by atoms with Crippen LogP contribution in [0.1, 0.15) is 38.5 Å². The van der Waals surface area contributed by atoms with Crippen LogP contribution in [0.2, 0.25) is 0 Å². The molecule has 5 nitrogen and oxygen atoms in total. The Bertz CT molecular complexity index is 312. The molecule has 0 aromatic heterocycles. The first-order valence-electron chi connectivity index (χ1n) is 6.75. The SMILES string of the molecule is O=C(CC1CCOCC1)N[C@@H]1CC[C@H](C(=O)O)C1. The number of carbonyl (C=O) groups is 2. The van der Waals surface area contributed by atoms with E-state index in [1.165, 1.54) is 0 Å². The second kappa shape index (κ2) is 6.18. The summed E-state index contributed by atoms with van der Waals surface area (Å²) in [6.07, 6.45) is 4.51. The van der Waals surface area contributed by atoms with Crippen molar-refractivity contribution in [3.8, 4) is 0 Å². The van der Waals surface area contributed by atoms with Crippen molar-refractivity contribution in [3.63, 3.8) is 0 Å². The molecule has 1 amide bonds. The maximum atomic E-state index is 11.8. The minimum atomic E-state index is -0.740. The van der Waals surface area contributed by atoms with Crippen molar-refractivity contribution in [1.29, 1.82) is 0 Å². The molecule has 102 valence electrons. The van der Waals surface area contributed by atoms with E-state index in [1.807, 2.05) is 0 Å². The number of hydrogen-bond donors (Lipinski definition) is 2. The van der Waals surface area contributed by atoms with Gasteiger partial charge < -0.3 is 15.2 Å². The quantitative estimate of drug-likeness (QED) is 0.790. The van der Waals surface area contributed by atoms with Crippen molar-refractivity contribution >= 4 is 11.9 Å². The number of carboxylic acids is 1. The van der Waals surface area contributed by atoms with Crippen molar-refractivity contribution in [2.75, 3.05) is 13.2 Å². The van der Waals surface area contributed by atoms with Crippen molar-refractivity contribution in [2.45, 2.75) is 44.6 Å². The summed E-state index contributed by atoms with van der Waals surface area (Å²) < 4.78 is 5.26. The lowest BCUT2D eigenvalue weighted by atomic mass is 9.96. The number of carbonyl (C=O) groups excluding carboxylic acids is 1. The Kier molecular flexibility index (Phi) is 4.58. The fraction of sp³-hybridized carbons (Fsp3) is 0.846. The second-order valence-corrected chi connectivity index (χ2v) is 5.37. The molecule has 18 heavy (non-hydrogen) atoms. The third kappa shape index (κ3) is 3.70. The van der Waals surface area contributed by atoms with Gasteiger partial charge in [0, 0.05) is 25.7 Å². The van der Waals surface area contributed by atoms with Gasteiger partial charge in [-0.15, -0.1) is 0 Å². The topological polar surface area (TPSA) is 75.6 Å². The highest BCUT2D eigenvalue weighted by molar-refractivity contribution is 5.77. The Balaban J connectivity index is 1.69. The molecule has 1 saturated carbocycles. The highest BCUT2D eigenvalue weighted by Gasteiger charge is 2.30. The zero-order chi connectivity index (χ0) is 13.0. The third-order valence-electron chi connectivity index (χ3n) is 3.96. The lowest BCUT2D eigenvalue weighted by molar-refractivity contribution is -0.141. The van der Waals surface area contributed by atoms with Gasteiger partial charge in [-0.3, -0.25) is 9.59 Å². The molecule has 0 unspecified atom stereocenters. The Morgan fingerprint density at radius 2 is 1.89 bits per heavy atom. The van der Waals surface area contributed by atoms with E-state index in [9.17, 15) is 9.59 Å². The Hall–Kier alpha value is -1.10. The molecular weight excluding hydrogens is 234 g/mol. The summed E-state index contributed by atoms with van der Waals surface area (Å²) >= 11 is 0. The van der Waals surface area contributed by atoms with E-state index >= 15 is 0 Å². The molecule has 5 heteroatoms. The van der Waals surface area contributed by atoms with Crippen LogP contribution in [0.3, 0.4) is 0 Å². The molecule has 0 radical (unpaired) electrons. The van der Waals surface area contributed by atoms with Crippen LogP contribution in [0.15, 0.2) is 0 Å². The van der Waals surface area contributed by atoms with Gasteiger partial charge in [0.05, 0.1) is 5.92 Å². The molecule has 1 aliphatic heterocycles. The highest BCUT2D eigenvalue weighted by atomic mass is 16.5. The highest BCUT2D eigenvalue weighted by Crippen LogP contribution is 2.26. The number of ether oxygens (including phenoxy) is 1. The Labute approximate surface area is 107 Å². The fourth-order valence-electron chi connectivity index (χ4n) is 2.84. The maximum absolute atomic E-state index is 11.8. The van der Waals surface area contributed by atoms with Crippen LogP contribution in [0, 0.1) is 11.8 Å². The molecule has 2 N–H and O–H groups in total. The Morgan fingerprint density at radius 1 is 1.17 bits per heavy atom. The molecule has 0 bridgehead atoms. The van der Waals surface area contributed by atoms with Gasteiger partial charge in [-0.05, 0) is 38.0 Å². The van der Waals surface area contributed by atoms with Crippen LogP contribution >= 0.6 is 0 Å². The first kappa shape index (κ1) is 13.3. The van der Waals surface area contributed by atoms with Crippen molar-refractivity contribution in [3.05, 3.63) is 0 Å². The predicted molar refractivity (Wildman–Crippen MR) is 65.1 cm³/mol. The predicted octanol–water partition coefficient (Wildman–Crippen LogP) is 1.17. The van der Waals surface area contributed by atoms with Crippen molar-refractivity contribution < 1.29 is 19.4 Å². The van der Waals surface area contributed by atoms with Gasteiger partial charge in [0.15, 0.2) is 0 Å². The smallest absolute Gasteiger partial charge is 0.306 e. The number of carboxylic acid groups (broad SMARTS) is 1. The van der Waals surface area contributed by atoms with Crippen LogP contribution < -0.4 is 5.32 Å². The minimum absolute atomic E-state index is 0.0541. The van der Waals surface area contributed by atoms with Gasteiger partial charge in [0.2, 0.25) is 5.91 Å². The third-order valence-corrected chi connectivity index (χ3v) is 3.96. The number of rotatable bonds is 4. The van der Waals surface area contributed by atoms with E-state index in [1.54, 1.807) is 0 Å². The van der Waals surface area contributed by atoms with Crippen LogP contribution in [0.5, 0.6) is 0 Å². The average molecular weight is 255 g/mol. The van der Waals surface area contributed by atoms with Crippen LogP contribution in [-0.2, 0) is 14.3 Å². The van der Waals surface area contributed by atoms with E-state index in [0.29, 0.717) is 25.2 Å². The van der Waals surface area contributed by atoms with E-state index in [4.69, 9.17) is 9.84 Å². The summed E-state index contributed by atoms with van der Waals surface area (Å²) in [6.45, 7) is 1.50. The number of hydrogen-bond acceptors (Lipinski definition) is 3. The standard InChI is InChI=1S/C13H21NO4/c15-12(7-9-3-5-18-6-4-9)14-11-2-1-10(8-11)13(16)17/h9-11H,1-8H2,(H,14,15)(H,16,17)/t10-,11+/m0/s1. The molecular formula is C13H21NO4. The van der Waals surface area contributed by atoms with E-state index in [2.05, 4.69) is 5.32 Å². The largest absolute Gasteiger partial charge is 0.481 e. The molecule has 1 saturated heterocycles. The van der Waals surface area contributed by atoms with Crippen LogP contribution in [0.25, 0.3) is 0 Å². The van der Waals surface area contributed by atoms with Gasteiger partial charge in [-0.25, -0.2) is 0 Å². The molecule has 2 atom stereocenters. The molecule has 0 aromatic carbocycles. The van der Waals surface area contributed by atoms with Gasteiger partial charge in [0.1, 0.15) is 0 Å². The van der Waals surface area contributed by atoms with Crippen LogP contribution in [-0.4, -0.2) is 36.2 Å². The van der Waals surface area contributed by atoms with E-state index < -0.39 is 5.97 Å². The Morgan fingerprint density at radius 3 is 2.50 bits per heavy atom. The maximum Gasteiger partial charge on any atom is 0.306 e. The average Bonchev–Trinajstić information content (AvgIpc) is 2.78. The van der Waals surface area contributed by atoms with Crippen molar-refractivity contribution in [1.82, 2.24) is 5.32 Å². The number of amides is 1. The summed E-state index contributed by atoms with van der Waals surface area (Å²) in [7, 11) is 0. The van der Waals surface area contributed by atoms with Gasteiger partial charge in [-0.1, -0.05) is 0 Å². The molecule has 2 rings (SSSR count). The number of aliphatic carboxylic acids is 1. The molecule has 1 aliphatic carbocycles. The number of nitrogens with one attached hydrogen (secondary N) is 1. The normalized spacial score (nSPS) is 29.1. The zero-order valence-electron chi connectivity index (χ0n) is 10.6. The fourth-order valence-corrected chi connectivity index (χ4v) is 2.84. The summed E-state index contributed by atoms with van der Waals surface area (Å²) in [5.74, 6) is -0.525. The molecule has 2 aliphatic rings. The molecule has 1 heterocycles. The summed E-state index contributed by atoms with van der Waals surface area (Å²) in [5, 5.41) is 11.9. The minimum Gasteiger partial charge on any atom is -0.481 e. The van der Waals surface area contributed by atoms with Gasteiger partial charge in [0.25, 0.3) is 0 Å². The lowest BCUT2D eigenvalue weighted by Crippen LogP contribution is -2.35. The first-order valence-corrected chi connectivity index (χ1v) is 6.75. The first-order chi connectivity index (χ1) is 8.65. The van der Waals surface area contributed by atoms with E-state index in [0.717, 1.165) is 32.5 Å². The monoisotopic (exact) mass is 255 g/mol. The molecule has 2 fully saturated rings. The van der Waals surface area contributed by atoms with Gasteiger partial charge in [-0.2, -0.15) is 0 Å². The molecule has 0 spiro atoms. The van der Waals surface area contributed by atoms with E-state index in [-0.39, 0.29) is 17.9 Å². The van der Waals surface area contributed by atoms with Crippen LogP contribution in [0.4, 0.5) is 0 Å².